The molecule has 0 saturated heterocycles. The van der Waals surface area contributed by atoms with Crippen molar-refractivity contribution in [3.05, 3.63) is 41.6 Å². The Morgan fingerprint density at radius 2 is 1.87 bits per heavy atom. The largest absolute Gasteiger partial charge is 0.452 e. The molecule has 8 nitrogen and oxygen atoms in total. The van der Waals surface area contributed by atoms with Gasteiger partial charge < -0.3 is 15.0 Å². The summed E-state index contributed by atoms with van der Waals surface area (Å²) in [5.74, 6) is -1.52. The number of nitrogens with zero attached hydrogens (tertiary/aromatic N) is 1. The minimum atomic E-state index is -1.13. The molecule has 2 aliphatic rings. The summed E-state index contributed by atoms with van der Waals surface area (Å²) in [4.78, 5) is 50.1. The molecule has 0 spiro atoms. The van der Waals surface area contributed by atoms with E-state index in [4.69, 9.17) is 4.74 Å². The molecule has 0 bridgehead atoms. The second kappa shape index (κ2) is 9.56. The molecule has 1 heterocycles. The predicted octanol–water partition coefficient (Wildman–Crippen LogP) is 2.65. The molecule has 1 aliphatic carbocycles. The van der Waals surface area contributed by atoms with Crippen LogP contribution in [0.1, 0.15) is 63.1 Å². The van der Waals surface area contributed by atoms with Crippen LogP contribution in [0.2, 0.25) is 0 Å². The molecule has 2 atom stereocenters. The number of esters is 1. The van der Waals surface area contributed by atoms with Crippen molar-refractivity contribution < 1.29 is 23.9 Å². The maximum absolute atomic E-state index is 12.5. The fraction of sp³-hybridized carbons (Fsp3) is 0.455. The van der Waals surface area contributed by atoms with Crippen molar-refractivity contribution in [3.8, 4) is 0 Å². The molecule has 30 heavy (non-hydrogen) atoms. The molecule has 0 aromatic heterocycles. The number of rotatable bonds is 5. The van der Waals surface area contributed by atoms with Gasteiger partial charge in [0, 0.05) is 19.2 Å². The lowest BCUT2D eigenvalue weighted by atomic mass is 9.94. The third-order valence-corrected chi connectivity index (χ3v) is 5.43. The maximum Gasteiger partial charge on any atom is 0.321 e. The van der Waals surface area contributed by atoms with Crippen LogP contribution in [0.25, 0.3) is 6.08 Å². The van der Waals surface area contributed by atoms with Crippen LogP contribution in [0.4, 0.5) is 4.79 Å². The Labute approximate surface area is 175 Å². The zero-order chi connectivity index (χ0) is 21.7. The zero-order valence-corrected chi connectivity index (χ0v) is 17.2. The smallest absolute Gasteiger partial charge is 0.321 e. The molecule has 3 rings (SSSR count). The van der Waals surface area contributed by atoms with E-state index >= 15 is 0 Å². The van der Waals surface area contributed by atoms with E-state index in [1.807, 2.05) is 30.3 Å². The highest BCUT2D eigenvalue weighted by atomic mass is 16.5. The van der Waals surface area contributed by atoms with Gasteiger partial charge in [0.05, 0.1) is 12.5 Å². The highest BCUT2D eigenvalue weighted by Gasteiger charge is 2.30. The summed E-state index contributed by atoms with van der Waals surface area (Å²) in [5, 5.41) is 4.97. The summed E-state index contributed by atoms with van der Waals surface area (Å²) in [6.07, 6.45) is 6.14. The third-order valence-electron chi connectivity index (χ3n) is 5.43. The summed E-state index contributed by atoms with van der Waals surface area (Å²) in [7, 11) is 0. The minimum absolute atomic E-state index is 0.0765. The predicted molar refractivity (Wildman–Crippen MR) is 110 cm³/mol. The lowest BCUT2D eigenvalue weighted by Crippen LogP contribution is -2.47. The van der Waals surface area contributed by atoms with Crippen molar-refractivity contribution in [2.24, 2.45) is 0 Å². The molecule has 1 aliphatic heterocycles. The Morgan fingerprint density at radius 3 is 2.57 bits per heavy atom. The summed E-state index contributed by atoms with van der Waals surface area (Å²) in [6.45, 7) is 2.84. The number of carbonyl (C=O) groups is 4. The van der Waals surface area contributed by atoms with E-state index in [-0.39, 0.29) is 18.4 Å². The molecule has 1 aromatic rings. The Hall–Kier alpha value is -3.16. The number of hydrogen-bond donors (Lipinski definition) is 2. The molecule has 160 valence electrons. The number of urea groups is 1. The second-order valence-electron chi connectivity index (χ2n) is 7.67. The molecular weight excluding hydrogens is 386 g/mol. The average molecular weight is 413 g/mol. The van der Waals surface area contributed by atoms with Gasteiger partial charge in [0.15, 0.2) is 6.10 Å². The fourth-order valence-corrected chi connectivity index (χ4v) is 3.88. The van der Waals surface area contributed by atoms with Crippen LogP contribution < -0.4 is 10.6 Å². The van der Waals surface area contributed by atoms with E-state index in [0.717, 1.165) is 36.8 Å². The molecular formula is C22H27N3O5. The summed E-state index contributed by atoms with van der Waals surface area (Å²) in [5.41, 5.74) is 1.75. The van der Waals surface area contributed by atoms with Gasteiger partial charge >= 0.3 is 12.0 Å². The van der Waals surface area contributed by atoms with Gasteiger partial charge in [0.2, 0.25) is 5.91 Å². The van der Waals surface area contributed by atoms with Gasteiger partial charge in [0.1, 0.15) is 0 Å². The number of nitrogens with one attached hydrogen (secondary N) is 2. The van der Waals surface area contributed by atoms with Crippen LogP contribution >= 0.6 is 0 Å². The molecule has 8 heteroatoms. The molecule has 1 aromatic carbocycles. The molecule has 4 amide bonds. The molecule has 1 saturated carbocycles. The van der Waals surface area contributed by atoms with Gasteiger partial charge in [-0.05, 0) is 37.0 Å². The van der Waals surface area contributed by atoms with Crippen LogP contribution in [0, 0.1) is 0 Å². The number of ether oxygens (including phenoxy) is 1. The van der Waals surface area contributed by atoms with E-state index in [0.29, 0.717) is 0 Å². The maximum atomic E-state index is 12.5. The van der Waals surface area contributed by atoms with Crippen LogP contribution in [0.15, 0.2) is 30.5 Å². The summed E-state index contributed by atoms with van der Waals surface area (Å²) < 4.78 is 5.24. The fourth-order valence-electron chi connectivity index (χ4n) is 3.88. The van der Waals surface area contributed by atoms with Crippen molar-refractivity contribution in [1.82, 2.24) is 15.5 Å². The third kappa shape index (κ3) is 5.25. The van der Waals surface area contributed by atoms with Crippen LogP contribution in [-0.2, 0) is 19.1 Å². The van der Waals surface area contributed by atoms with Crippen LogP contribution in [0.3, 0.4) is 0 Å². The SMILES string of the molecule is CC(=O)N1C=Cc2ccccc2[C@H]1CC(=O)O[C@@H](C)C(=O)NC(=O)NC1CCCC1. The van der Waals surface area contributed by atoms with Crippen molar-refractivity contribution in [2.45, 2.75) is 64.1 Å². The number of fused-ring (bicyclic) bond motifs is 1. The van der Waals surface area contributed by atoms with Crippen molar-refractivity contribution >= 4 is 29.9 Å². The van der Waals surface area contributed by atoms with Crippen molar-refractivity contribution in [1.29, 1.82) is 0 Å². The topological polar surface area (TPSA) is 105 Å². The van der Waals surface area contributed by atoms with Crippen molar-refractivity contribution in [2.75, 3.05) is 0 Å². The average Bonchev–Trinajstić information content (AvgIpc) is 3.20. The minimum Gasteiger partial charge on any atom is -0.452 e. The van der Waals surface area contributed by atoms with E-state index in [9.17, 15) is 19.2 Å². The first kappa shape index (κ1) is 21.5. The Morgan fingerprint density at radius 1 is 1.17 bits per heavy atom. The highest BCUT2D eigenvalue weighted by Crippen LogP contribution is 2.33. The second-order valence-corrected chi connectivity index (χ2v) is 7.67. The van der Waals surface area contributed by atoms with Crippen molar-refractivity contribution in [3.63, 3.8) is 0 Å². The van der Waals surface area contributed by atoms with E-state index in [2.05, 4.69) is 10.6 Å². The number of hydrogen-bond acceptors (Lipinski definition) is 5. The van der Waals surface area contributed by atoms with Gasteiger partial charge in [0.25, 0.3) is 5.91 Å². The lowest BCUT2D eigenvalue weighted by molar-refractivity contribution is -0.155. The molecule has 1 fully saturated rings. The Bertz CT molecular complexity index is 860. The van der Waals surface area contributed by atoms with Crippen LogP contribution in [0.5, 0.6) is 0 Å². The van der Waals surface area contributed by atoms with Crippen LogP contribution in [-0.4, -0.2) is 40.9 Å². The number of imide groups is 1. The van der Waals surface area contributed by atoms with Gasteiger partial charge in [-0.1, -0.05) is 37.1 Å². The standard InChI is InChI=1S/C22H27N3O5/c1-14(21(28)24-22(29)23-17-8-4-5-9-17)30-20(27)13-19-18-10-6-3-7-16(18)11-12-25(19)15(2)26/h3,6-7,10-12,14,17,19H,4-5,8-9,13H2,1-2H3,(H2,23,24,28,29)/t14-,19+/m0/s1. The monoisotopic (exact) mass is 413 g/mol. The lowest BCUT2D eigenvalue weighted by Gasteiger charge is -2.32. The molecule has 0 radical (unpaired) electrons. The zero-order valence-electron chi connectivity index (χ0n) is 17.2. The highest BCUT2D eigenvalue weighted by molar-refractivity contribution is 5.97. The first-order chi connectivity index (χ1) is 14.3. The Balaban J connectivity index is 1.56. The summed E-state index contributed by atoms with van der Waals surface area (Å²) >= 11 is 0. The van der Waals surface area contributed by atoms with Gasteiger partial charge in [-0.15, -0.1) is 0 Å². The normalized spacial score (nSPS) is 19.0. The summed E-state index contributed by atoms with van der Waals surface area (Å²) in [6, 6.07) is 6.46. The number of carbonyl (C=O) groups excluding carboxylic acids is 4. The molecule has 2 N–H and O–H groups in total. The van der Waals surface area contributed by atoms with Gasteiger partial charge in [-0.2, -0.15) is 0 Å². The van der Waals surface area contributed by atoms with E-state index in [1.54, 1.807) is 6.20 Å². The van der Waals surface area contributed by atoms with E-state index < -0.39 is 30.1 Å². The number of benzene rings is 1. The molecule has 0 unspecified atom stereocenters. The first-order valence-electron chi connectivity index (χ1n) is 10.2. The first-order valence-corrected chi connectivity index (χ1v) is 10.2. The quantitative estimate of drug-likeness (QED) is 0.722. The Kier molecular flexibility index (Phi) is 6.87. The van der Waals surface area contributed by atoms with E-state index in [1.165, 1.54) is 18.7 Å². The number of amides is 4. The van der Waals surface area contributed by atoms with Gasteiger partial charge in [-0.25, -0.2) is 4.79 Å². The van der Waals surface area contributed by atoms with Gasteiger partial charge in [-0.3, -0.25) is 19.7 Å².